The van der Waals surface area contributed by atoms with Gasteiger partial charge in [-0.15, -0.1) is 5.10 Å². The summed E-state index contributed by atoms with van der Waals surface area (Å²) in [5.74, 6) is 0.794. The Bertz CT molecular complexity index is 665. The van der Waals surface area contributed by atoms with Crippen LogP contribution in [-0.2, 0) is 13.0 Å². The van der Waals surface area contributed by atoms with Gasteiger partial charge in [-0.1, -0.05) is 24.3 Å². The minimum atomic E-state index is 0.620. The van der Waals surface area contributed by atoms with Gasteiger partial charge in [0.25, 0.3) is 0 Å². The summed E-state index contributed by atoms with van der Waals surface area (Å²) < 4.78 is 1.74. The van der Waals surface area contributed by atoms with Gasteiger partial charge in [0.2, 0.25) is 0 Å². The third-order valence-corrected chi connectivity index (χ3v) is 3.10. The molecule has 3 aromatic rings. The van der Waals surface area contributed by atoms with E-state index in [1.807, 2.05) is 54.7 Å². The second-order valence-electron chi connectivity index (χ2n) is 4.59. The quantitative estimate of drug-likeness (QED) is 0.691. The second-order valence-corrected chi connectivity index (χ2v) is 4.59. The van der Waals surface area contributed by atoms with E-state index in [0.717, 1.165) is 30.2 Å². The van der Waals surface area contributed by atoms with Gasteiger partial charge in [0.05, 0.1) is 12.2 Å². The molecule has 0 amide bonds. The van der Waals surface area contributed by atoms with Crippen molar-refractivity contribution < 1.29 is 0 Å². The van der Waals surface area contributed by atoms with Crippen LogP contribution in [0.2, 0.25) is 0 Å². The normalized spacial score (nSPS) is 10.7. The third kappa shape index (κ3) is 3.49. The second kappa shape index (κ2) is 6.71. The van der Waals surface area contributed by atoms with Gasteiger partial charge in [0.1, 0.15) is 0 Å². The highest BCUT2D eigenvalue weighted by molar-refractivity contribution is 5.30. The Kier molecular flexibility index (Phi) is 4.28. The van der Waals surface area contributed by atoms with E-state index in [0.29, 0.717) is 6.54 Å². The van der Waals surface area contributed by atoms with Crippen molar-refractivity contribution in [3.05, 3.63) is 66.2 Å². The minimum absolute atomic E-state index is 0.620. The molecule has 0 aliphatic carbocycles. The van der Waals surface area contributed by atoms with Gasteiger partial charge in [-0.3, -0.25) is 4.98 Å². The maximum Gasteiger partial charge on any atom is 0.170 e. The topological polar surface area (TPSA) is 68.5 Å². The predicted molar refractivity (Wildman–Crippen MR) is 78.8 cm³/mol. The zero-order chi connectivity index (χ0) is 14.3. The van der Waals surface area contributed by atoms with E-state index in [2.05, 4.69) is 25.8 Å². The number of aromatic nitrogens is 5. The maximum atomic E-state index is 4.29. The molecule has 0 bridgehead atoms. The average Bonchev–Trinajstić information content (AvgIpc) is 3.02. The van der Waals surface area contributed by atoms with E-state index < -0.39 is 0 Å². The van der Waals surface area contributed by atoms with Crippen molar-refractivity contribution in [2.75, 3.05) is 6.54 Å². The van der Waals surface area contributed by atoms with Crippen molar-refractivity contribution in [1.82, 2.24) is 30.5 Å². The van der Waals surface area contributed by atoms with E-state index in [1.165, 1.54) is 0 Å². The number of benzene rings is 1. The van der Waals surface area contributed by atoms with E-state index in [-0.39, 0.29) is 0 Å². The first-order chi connectivity index (χ1) is 10.4. The molecule has 0 radical (unpaired) electrons. The van der Waals surface area contributed by atoms with Crippen LogP contribution in [0.15, 0.2) is 54.7 Å². The molecule has 3 rings (SSSR count). The number of hydrogen-bond acceptors (Lipinski definition) is 5. The van der Waals surface area contributed by atoms with Crippen molar-refractivity contribution in [3.63, 3.8) is 0 Å². The third-order valence-electron chi connectivity index (χ3n) is 3.10. The smallest absolute Gasteiger partial charge is 0.170 e. The van der Waals surface area contributed by atoms with Crippen molar-refractivity contribution in [3.8, 4) is 5.69 Å². The molecule has 1 N–H and O–H groups in total. The fourth-order valence-corrected chi connectivity index (χ4v) is 2.05. The Labute approximate surface area is 122 Å². The van der Waals surface area contributed by atoms with Crippen LogP contribution in [0.3, 0.4) is 0 Å². The Morgan fingerprint density at radius 3 is 2.67 bits per heavy atom. The Morgan fingerprint density at radius 2 is 1.86 bits per heavy atom. The molecule has 0 aliphatic heterocycles. The van der Waals surface area contributed by atoms with Crippen molar-refractivity contribution in [2.24, 2.45) is 0 Å². The van der Waals surface area contributed by atoms with E-state index in [9.17, 15) is 0 Å². The lowest BCUT2D eigenvalue weighted by Gasteiger charge is -2.06. The molecule has 0 unspecified atom stereocenters. The zero-order valence-corrected chi connectivity index (χ0v) is 11.6. The summed E-state index contributed by atoms with van der Waals surface area (Å²) in [5.41, 5.74) is 2.04. The molecule has 0 spiro atoms. The number of rotatable bonds is 6. The van der Waals surface area contributed by atoms with Crippen LogP contribution in [0.1, 0.15) is 11.5 Å². The van der Waals surface area contributed by atoms with E-state index in [4.69, 9.17) is 0 Å². The summed E-state index contributed by atoms with van der Waals surface area (Å²) in [6.45, 7) is 1.45. The molecular formula is C15H16N6. The molecule has 106 valence electrons. The standard InChI is InChI=1S/C15H16N6/c1-2-7-14(8-3-1)21-15(18-19-20-21)12-16-11-9-13-6-4-5-10-17-13/h1-8,10,16H,9,11-12H2. The highest BCUT2D eigenvalue weighted by atomic mass is 15.5. The summed E-state index contributed by atoms with van der Waals surface area (Å²) in [4.78, 5) is 4.29. The molecule has 0 atom stereocenters. The summed E-state index contributed by atoms with van der Waals surface area (Å²) in [6, 6.07) is 15.8. The number of tetrazole rings is 1. The van der Waals surface area contributed by atoms with Crippen LogP contribution in [0.4, 0.5) is 0 Å². The van der Waals surface area contributed by atoms with Crippen LogP contribution < -0.4 is 5.32 Å². The minimum Gasteiger partial charge on any atom is -0.309 e. The number of pyridine rings is 1. The van der Waals surface area contributed by atoms with Crippen molar-refractivity contribution in [2.45, 2.75) is 13.0 Å². The Morgan fingerprint density at radius 1 is 1.00 bits per heavy atom. The molecule has 6 nitrogen and oxygen atoms in total. The lowest BCUT2D eigenvalue weighted by Crippen LogP contribution is -2.20. The SMILES string of the molecule is c1ccc(-n2nnnc2CNCCc2ccccn2)cc1. The van der Waals surface area contributed by atoms with Gasteiger partial charge in [-0.25, -0.2) is 0 Å². The van der Waals surface area contributed by atoms with Crippen molar-refractivity contribution in [1.29, 1.82) is 0 Å². The largest absolute Gasteiger partial charge is 0.309 e. The summed E-state index contributed by atoms with van der Waals surface area (Å²) in [5, 5.41) is 15.2. The molecular weight excluding hydrogens is 264 g/mol. The highest BCUT2D eigenvalue weighted by Gasteiger charge is 2.06. The monoisotopic (exact) mass is 280 g/mol. The highest BCUT2D eigenvalue weighted by Crippen LogP contribution is 2.06. The molecule has 6 heteroatoms. The summed E-state index contributed by atoms with van der Waals surface area (Å²) >= 11 is 0. The first kappa shape index (κ1) is 13.4. The molecule has 0 aliphatic rings. The van der Waals surface area contributed by atoms with Gasteiger partial charge < -0.3 is 5.32 Å². The molecule has 0 fully saturated rings. The Hall–Kier alpha value is -2.60. The molecule has 0 saturated heterocycles. The molecule has 1 aromatic carbocycles. The van der Waals surface area contributed by atoms with E-state index in [1.54, 1.807) is 4.68 Å². The molecule has 2 heterocycles. The van der Waals surface area contributed by atoms with Crippen LogP contribution >= 0.6 is 0 Å². The molecule has 21 heavy (non-hydrogen) atoms. The van der Waals surface area contributed by atoms with Crippen LogP contribution in [0.25, 0.3) is 5.69 Å². The zero-order valence-electron chi connectivity index (χ0n) is 11.6. The molecule has 0 saturated carbocycles. The molecule has 2 aromatic heterocycles. The first-order valence-corrected chi connectivity index (χ1v) is 6.87. The van der Waals surface area contributed by atoms with Gasteiger partial charge in [0, 0.05) is 24.9 Å². The number of nitrogens with one attached hydrogen (secondary N) is 1. The van der Waals surface area contributed by atoms with Gasteiger partial charge in [-0.05, 0) is 34.7 Å². The van der Waals surface area contributed by atoms with Crippen LogP contribution in [-0.4, -0.2) is 31.7 Å². The summed E-state index contributed by atoms with van der Waals surface area (Å²) in [6.07, 6.45) is 2.69. The predicted octanol–water partition coefficient (Wildman–Crippen LogP) is 1.39. The van der Waals surface area contributed by atoms with Crippen LogP contribution in [0.5, 0.6) is 0 Å². The van der Waals surface area contributed by atoms with Crippen LogP contribution in [0, 0.1) is 0 Å². The fraction of sp³-hybridized carbons (Fsp3) is 0.200. The fourth-order valence-electron chi connectivity index (χ4n) is 2.05. The van der Waals surface area contributed by atoms with Gasteiger partial charge in [0.15, 0.2) is 5.82 Å². The number of para-hydroxylation sites is 1. The van der Waals surface area contributed by atoms with Gasteiger partial charge >= 0.3 is 0 Å². The Balaban J connectivity index is 1.56. The maximum absolute atomic E-state index is 4.29. The number of nitrogens with zero attached hydrogens (tertiary/aromatic N) is 5. The average molecular weight is 280 g/mol. The first-order valence-electron chi connectivity index (χ1n) is 6.87. The van der Waals surface area contributed by atoms with Gasteiger partial charge in [-0.2, -0.15) is 4.68 Å². The number of hydrogen-bond donors (Lipinski definition) is 1. The lowest BCUT2D eigenvalue weighted by molar-refractivity contribution is 0.636. The van der Waals surface area contributed by atoms with E-state index >= 15 is 0 Å². The summed E-state index contributed by atoms with van der Waals surface area (Å²) in [7, 11) is 0. The lowest BCUT2D eigenvalue weighted by atomic mass is 10.3. The van der Waals surface area contributed by atoms with Crippen molar-refractivity contribution >= 4 is 0 Å².